The number of hydrogen-bond donors (Lipinski definition) is 1. The molecule has 0 spiro atoms. The zero-order chi connectivity index (χ0) is 29.5. The van der Waals surface area contributed by atoms with Gasteiger partial charge in [0.15, 0.2) is 0 Å². The van der Waals surface area contributed by atoms with Crippen LogP contribution in [0.15, 0.2) is 0 Å². The van der Waals surface area contributed by atoms with Crippen molar-refractivity contribution < 1.29 is 28.9 Å². The standard InChI is InChI=1S/C34H56O6/c1-21(35)38-20-34-19-15-27(39-22(2)36)29(3,4)25(34)13-17-32(8)26(34)11-10-23-24(12-16-31(23,32)7)33(9)18-14-28(40-33)30(5,6)37/h23-28,37H,10-20H2,1-9H3/t23-,24+,25+,26+,27+,28+,31-,32-,33+,34-/m1/s1. The molecule has 0 bridgehead atoms. The summed E-state index contributed by atoms with van der Waals surface area (Å²) in [4.78, 5) is 24.2. The van der Waals surface area contributed by atoms with E-state index in [4.69, 9.17) is 14.2 Å². The topological polar surface area (TPSA) is 82.1 Å². The van der Waals surface area contributed by atoms with Crippen molar-refractivity contribution in [2.75, 3.05) is 6.61 Å². The van der Waals surface area contributed by atoms with Crippen molar-refractivity contribution in [3.63, 3.8) is 0 Å². The predicted octanol–water partition coefficient (Wildman–Crippen LogP) is 6.86. The number of fused-ring (bicyclic) bond motifs is 5. The van der Waals surface area contributed by atoms with E-state index in [0.717, 1.165) is 44.9 Å². The highest BCUT2D eigenvalue weighted by molar-refractivity contribution is 5.66. The van der Waals surface area contributed by atoms with Crippen molar-refractivity contribution in [3.05, 3.63) is 0 Å². The van der Waals surface area contributed by atoms with Crippen LogP contribution in [0.1, 0.15) is 127 Å². The first-order valence-corrected chi connectivity index (χ1v) is 16.1. The van der Waals surface area contributed by atoms with Gasteiger partial charge in [0.1, 0.15) is 6.10 Å². The van der Waals surface area contributed by atoms with E-state index in [9.17, 15) is 14.7 Å². The van der Waals surface area contributed by atoms with E-state index in [1.807, 2.05) is 13.8 Å². The van der Waals surface area contributed by atoms with E-state index < -0.39 is 5.60 Å². The summed E-state index contributed by atoms with van der Waals surface area (Å²) < 4.78 is 18.6. The molecule has 4 saturated carbocycles. The second-order valence-corrected chi connectivity index (χ2v) is 16.4. The molecular formula is C34H56O6. The molecular weight excluding hydrogens is 504 g/mol. The fraction of sp³-hybridized carbons (Fsp3) is 0.941. The summed E-state index contributed by atoms with van der Waals surface area (Å²) in [5.41, 5.74) is -0.972. The Hall–Kier alpha value is -1.14. The van der Waals surface area contributed by atoms with Gasteiger partial charge < -0.3 is 19.3 Å². The summed E-state index contributed by atoms with van der Waals surface area (Å²) in [5, 5.41) is 10.7. The van der Waals surface area contributed by atoms with Crippen molar-refractivity contribution in [1.82, 2.24) is 0 Å². The van der Waals surface area contributed by atoms with Crippen molar-refractivity contribution >= 4 is 11.9 Å². The van der Waals surface area contributed by atoms with Gasteiger partial charge in [-0.25, -0.2) is 0 Å². The zero-order valence-electron chi connectivity index (χ0n) is 26.7. The summed E-state index contributed by atoms with van der Waals surface area (Å²) in [6.45, 7) is 19.3. The first-order valence-electron chi connectivity index (χ1n) is 16.1. The minimum absolute atomic E-state index is 0.101. The van der Waals surface area contributed by atoms with Crippen LogP contribution in [0.4, 0.5) is 0 Å². The summed E-state index contributed by atoms with van der Waals surface area (Å²) in [5.74, 6) is 1.47. The Bertz CT molecular complexity index is 1010. The Morgan fingerprint density at radius 3 is 2.08 bits per heavy atom. The van der Waals surface area contributed by atoms with Crippen LogP contribution in [0.2, 0.25) is 0 Å². The molecule has 0 unspecified atom stereocenters. The van der Waals surface area contributed by atoms with E-state index in [1.54, 1.807) is 0 Å². The molecule has 0 amide bonds. The van der Waals surface area contributed by atoms with Crippen LogP contribution in [0.3, 0.4) is 0 Å². The molecule has 4 aliphatic carbocycles. The van der Waals surface area contributed by atoms with Crippen LogP contribution in [0.5, 0.6) is 0 Å². The molecule has 5 rings (SSSR count). The van der Waals surface area contributed by atoms with Crippen molar-refractivity contribution in [3.8, 4) is 0 Å². The smallest absolute Gasteiger partial charge is 0.302 e. The Labute approximate surface area is 242 Å². The molecule has 10 atom stereocenters. The number of carbonyl (C=O) groups is 2. The predicted molar refractivity (Wildman–Crippen MR) is 154 cm³/mol. The molecule has 5 fully saturated rings. The van der Waals surface area contributed by atoms with Gasteiger partial charge in [-0.1, -0.05) is 27.7 Å². The normalized spacial score (nSPS) is 48.0. The fourth-order valence-electron chi connectivity index (χ4n) is 11.7. The van der Waals surface area contributed by atoms with Gasteiger partial charge >= 0.3 is 11.9 Å². The maximum Gasteiger partial charge on any atom is 0.302 e. The van der Waals surface area contributed by atoms with Crippen LogP contribution < -0.4 is 0 Å². The van der Waals surface area contributed by atoms with Crippen LogP contribution in [0.25, 0.3) is 0 Å². The van der Waals surface area contributed by atoms with Crippen molar-refractivity contribution in [2.45, 2.75) is 150 Å². The Morgan fingerprint density at radius 2 is 1.48 bits per heavy atom. The molecule has 0 aromatic rings. The van der Waals surface area contributed by atoms with Crippen LogP contribution in [-0.2, 0) is 23.8 Å². The molecule has 1 N–H and O–H groups in total. The number of carbonyl (C=O) groups excluding carboxylic acids is 2. The summed E-state index contributed by atoms with van der Waals surface area (Å²) >= 11 is 0. The molecule has 0 aromatic carbocycles. The number of esters is 2. The van der Waals surface area contributed by atoms with Crippen LogP contribution in [-0.4, -0.2) is 47.1 Å². The minimum Gasteiger partial charge on any atom is -0.465 e. The van der Waals surface area contributed by atoms with E-state index >= 15 is 0 Å². The number of rotatable bonds is 5. The molecule has 6 nitrogen and oxygen atoms in total. The molecule has 0 radical (unpaired) electrons. The van der Waals surface area contributed by atoms with E-state index in [1.165, 1.54) is 33.1 Å². The average Bonchev–Trinajstić information content (AvgIpc) is 3.41. The molecule has 6 heteroatoms. The number of ether oxygens (including phenoxy) is 3. The second-order valence-electron chi connectivity index (χ2n) is 16.4. The third-order valence-corrected chi connectivity index (χ3v) is 13.8. The fourth-order valence-corrected chi connectivity index (χ4v) is 11.7. The molecule has 1 aliphatic heterocycles. The first-order chi connectivity index (χ1) is 18.4. The van der Waals surface area contributed by atoms with E-state index in [2.05, 4.69) is 34.6 Å². The zero-order valence-corrected chi connectivity index (χ0v) is 26.7. The Balaban J connectivity index is 1.48. The van der Waals surface area contributed by atoms with Gasteiger partial charge in [-0.05, 0) is 119 Å². The van der Waals surface area contributed by atoms with E-state index in [0.29, 0.717) is 30.3 Å². The SMILES string of the molecule is CC(=O)OC[C@]12CC[C@H](OC(C)=O)C(C)(C)[C@@H]1CC[C@]1(C)[C@@H]2CC[C@@H]2[C@@H]([C@]3(C)CC[C@@H](C(C)(C)O)O3)CC[C@]21C. The maximum atomic E-state index is 12.2. The molecule has 228 valence electrons. The summed E-state index contributed by atoms with van der Waals surface area (Å²) in [7, 11) is 0. The van der Waals surface area contributed by atoms with Gasteiger partial charge in [0.2, 0.25) is 0 Å². The van der Waals surface area contributed by atoms with Gasteiger partial charge in [0, 0.05) is 24.7 Å². The Kier molecular flexibility index (Phi) is 7.35. The Morgan fingerprint density at radius 1 is 0.800 bits per heavy atom. The molecule has 1 saturated heterocycles. The monoisotopic (exact) mass is 560 g/mol. The highest BCUT2D eigenvalue weighted by atomic mass is 16.5. The first kappa shape index (κ1) is 30.3. The maximum absolute atomic E-state index is 12.2. The van der Waals surface area contributed by atoms with Gasteiger partial charge in [0.05, 0.1) is 23.9 Å². The van der Waals surface area contributed by atoms with Gasteiger partial charge in [0.25, 0.3) is 0 Å². The van der Waals surface area contributed by atoms with Crippen molar-refractivity contribution in [2.24, 2.45) is 45.3 Å². The van der Waals surface area contributed by atoms with Crippen LogP contribution >= 0.6 is 0 Å². The number of aliphatic hydroxyl groups is 1. The highest BCUT2D eigenvalue weighted by Gasteiger charge is 2.71. The molecule has 5 aliphatic rings. The lowest BCUT2D eigenvalue weighted by Crippen LogP contribution is -2.66. The quantitative estimate of drug-likeness (QED) is 0.370. The highest BCUT2D eigenvalue weighted by Crippen LogP contribution is 2.76. The summed E-state index contributed by atoms with van der Waals surface area (Å²) in [6.07, 6.45) is 10.4. The largest absolute Gasteiger partial charge is 0.465 e. The van der Waals surface area contributed by atoms with Gasteiger partial charge in [-0.2, -0.15) is 0 Å². The number of hydrogen-bond acceptors (Lipinski definition) is 6. The second kappa shape index (κ2) is 9.69. The average molecular weight is 561 g/mol. The minimum atomic E-state index is -0.817. The van der Waals surface area contributed by atoms with Crippen LogP contribution in [0, 0.1) is 45.3 Å². The lowest BCUT2D eigenvalue weighted by Gasteiger charge is -2.70. The lowest BCUT2D eigenvalue weighted by molar-refractivity contribution is -0.248. The third-order valence-electron chi connectivity index (χ3n) is 13.8. The third kappa shape index (κ3) is 4.39. The molecule has 1 heterocycles. The van der Waals surface area contributed by atoms with E-state index in [-0.39, 0.29) is 51.4 Å². The van der Waals surface area contributed by atoms with Crippen molar-refractivity contribution in [1.29, 1.82) is 0 Å². The lowest BCUT2D eigenvalue weighted by atomic mass is 9.35. The molecule has 40 heavy (non-hydrogen) atoms. The molecule has 0 aromatic heterocycles. The summed E-state index contributed by atoms with van der Waals surface area (Å²) in [6, 6.07) is 0. The van der Waals surface area contributed by atoms with Gasteiger partial charge in [-0.3, -0.25) is 9.59 Å². The van der Waals surface area contributed by atoms with Gasteiger partial charge in [-0.15, -0.1) is 0 Å².